The third-order valence-corrected chi connectivity index (χ3v) is 4.41. The highest BCUT2D eigenvalue weighted by molar-refractivity contribution is 6.30. The minimum Gasteiger partial charge on any atom is -0.490 e. The van der Waals surface area contributed by atoms with E-state index in [1.807, 2.05) is 12.1 Å². The van der Waals surface area contributed by atoms with Crippen molar-refractivity contribution < 1.29 is 9.53 Å². The molecule has 1 aliphatic heterocycles. The zero-order valence-electron chi connectivity index (χ0n) is 13.4. The number of hydrogen-bond donors (Lipinski definition) is 0. The number of amides is 1. The van der Waals surface area contributed by atoms with Gasteiger partial charge in [0.05, 0.1) is 0 Å². The number of fused-ring (bicyclic) bond motifs is 1. The van der Waals surface area contributed by atoms with Crippen molar-refractivity contribution in [3.8, 4) is 5.75 Å². The summed E-state index contributed by atoms with van der Waals surface area (Å²) in [5, 5.41) is 4.87. The first-order chi connectivity index (χ1) is 12.2. The highest BCUT2D eigenvalue weighted by atomic mass is 35.5. The second kappa shape index (κ2) is 6.68. The van der Waals surface area contributed by atoms with Crippen LogP contribution in [0.1, 0.15) is 23.5 Å². The van der Waals surface area contributed by atoms with Crippen molar-refractivity contribution in [2.45, 2.75) is 18.9 Å². The lowest BCUT2D eigenvalue weighted by Gasteiger charge is -2.31. The molecule has 128 valence electrons. The third kappa shape index (κ3) is 3.41. The molecule has 8 heteroatoms. The van der Waals surface area contributed by atoms with Crippen molar-refractivity contribution in [3.05, 3.63) is 53.6 Å². The van der Waals surface area contributed by atoms with Crippen LogP contribution in [0.3, 0.4) is 0 Å². The molecule has 0 atom stereocenters. The van der Waals surface area contributed by atoms with Gasteiger partial charge in [-0.15, -0.1) is 5.10 Å². The SMILES string of the molecule is O=C(c1nc2ncccn2n1)N1CCC(Oc2ccc(Cl)cc2)CC1. The molecule has 0 aliphatic carbocycles. The fourth-order valence-corrected chi connectivity index (χ4v) is 2.97. The molecule has 2 aromatic heterocycles. The molecule has 0 saturated carbocycles. The van der Waals surface area contributed by atoms with Gasteiger partial charge in [-0.2, -0.15) is 4.98 Å². The lowest BCUT2D eigenvalue weighted by molar-refractivity contribution is 0.0584. The zero-order chi connectivity index (χ0) is 17.2. The molecule has 1 aliphatic rings. The molecule has 3 heterocycles. The number of hydrogen-bond acceptors (Lipinski definition) is 5. The van der Waals surface area contributed by atoms with Gasteiger partial charge >= 0.3 is 0 Å². The third-order valence-electron chi connectivity index (χ3n) is 4.15. The number of aromatic nitrogens is 4. The summed E-state index contributed by atoms with van der Waals surface area (Å²) in [5.41, 5.74) is 0. The number of benzene rings is 1. The van der Waals surface area contributed by atoms with Crippen LogP contribution >= 0.6 is 11.6 Å². The highest BCUT2D eigenvalue weighted by Gasteiger charge is 2.27. The van der Waals surface area contributed by atoms with Crippen LogP contribution in [0.15, 0.2) is 42.7 Å². The molecule has 0 N–H and O–H groups in total. The largest absolute Gasteiger partial charge is 0.490 e. The number of ether oxygens (including phenoxy) is 1. The molecule has 1 amide bonds. The van der Waals surface area contributed by atoms with Crippen LogP contribution in [-0.4, -0.2) is 49.6 Å². The quantitative estimate of drug-likeness (QED) is 0.720. The van der Waals surface area contributed by atoms with E-state index in [1.165, 1.54) is 4.52 Å². The Bertz CT molecular complexity index is 854. The molecule has 0 radical (unpaired) electrons. The van der Waals surface area contributed by atoms with Crippen LogP contribution in [0.25, 0.3) is 5.78 Å². The van der Waals surface area contributed by atoms with Crippen molar-refractivity contribution in [2.24, 2.45) is 0 Å². The molecule has 25 heavy (non-hydrogen) atoms. The minimum absolute atomic E-state index is 0.0842. The number of rotatable bonds is 3. The minimum atomic E-state index is -0.171. The maximum Gasteiger partial charge on any atom is 0.293 e. The van der Waals surface area contributed by atoms with Crippen LogP contribution in [0.2, 0.25) is 5.02 Å². The first-order valence-corrected chi connectivity index (χ1v) is 8.46. The van der Waals surface area contributed by atoms with E-state index in [9.17, 15) is 4.79 Å². The first kappa shape index (κ1) is 15.8. The second-order valence-electron chi connectivity index (χ2n) is 5.86. The van der Waals surface area contributed by atoms with Gasteiger partial charge in [-0.1, -0.05) is 11.6 Å². The normalized spacial score (nSPS) is 15.5. The Labute approximate surface area is 149 Å². The van der Waals surface area contributed by atoms with Crippen LogP contribution in [0.5, 0.6) is 5.75 Å². The number of nitrogens with zero attached hydrogens (tertiary/aromatic N) is 5. The lowest BCUT2D eigenvalue weighted by Crippen LogP contribution is -2.42. The Kier molecular flexibility index (Phi) is 4.23. The Morgan fingerprint density at radius 1 is 1.20 bits per heavy atom. The monoisotopic (exact) mass is 357 g/mol. The van der Waals surface area contributed by atoms with E-state index < -0.39 is 0 Å². The standard InChI is InChI=1S/C17H16ClN5O2/c18-12-2-4-13(5-3-12)25-14-6-10-22(11-7-14)16(24)15-20-17-19-8-1-9-23(17)21-15/h1-5,8-9,14H,6-7,10-11H2. The average Bonchev–Trinajstić information content (AvgIpc) is 3.08. The number of carbonyl (C=O) groups excluding carboxylic acids is 1. The summed E-state index contributed by atoms with van der Waals surface area (Å²) in [6.07, 6.45) is 4.96. The molecular weight excluding hydrogens is 342 g/mol. The molecule has 4 rings (SSSR count). The molecule has 1 aromatic carbocycles. The number of piperidine rings is 1. The molecule has 3 aromatic rings. The lowest BCUT2D eigenvalue weighted by atomic mass is 10.1. The summed E-state index contributed by atoms with van der Waals surface area (Å²) in [7, 11) is 0. The number of likely N-dealkylation sites (tertiary alicyclic amines) is 1. The van der Waals surface area contributed by atoms with Crippen molar-refractivity contribution in [1.82, 2.24) is 24.5 Å². The summed E-state index contributed by atoms with van der Waals surface area (Å²) < 4.78 is 7.45. The van der Waals surface area contributed by atoms with Crippen LogP contribution < -0.4 is 4.74 Å². The Balaban J connectivity index is 1.37. The predicted octanol–water partition coefficient (Wildman–Crippen LogP) is 2.46. The van der Waals surface area contributed by atoms with Gasteiger partial charge in [0.1, 0.15) is 11.9 Å². The van der Waals surface area contributed by atoms with Crippen molar-refractivity contribution in [1.29, 1.82) is 0 Å². The Morgan fingerprint density at radius 2 is 1.96 bits per heavy atom. The summed E-state index contributed by atoms with van der Waals surface area (Å²) in [4.78, 5) is 22.6. The van der Waals surface area contributed by atoms with E-state index in [0.29, 0.717) is 23.9 Å². The predicted molar refractivity (Wildman–Crippen MR) is 91.8 cm³/mol. The van der Waals surface area contributed by atoms with E-state index in [2.05, 4.69) is 15.1 Å². The Morgan fingerprint density at radius 3 is 2.68 bits per heavy atom. The fourth-order valence-electron chi connectivity index (χ4n) is 2.85. The molecular formula is C17H16ClN5O2. The summed E-state index contributed by atoms with van der Waals surface area (Å²) >= 11 is 5.88. The highest BCUT2D eigenvalue weighted by Crippen LogP contribution is 2.21. The van der Waals surface area contributed by atoms with Gasteiger partial charge in [0.25, 0.3) is 11.7 Å². The van der Waals surface area contributed by atoms with Gasteiger partial charge in [-0.3, -0.25) is 4.79 Å². The molecule has 0 bridgehead atoms. The fraction of sp³-hybridized carbons (Fsp3) is 0.294. The number of halogens is 1. The van der Waals surface area contributed by atoms with E-state index in [-0.39, 0.29) is 17.8 Å². The van der Waals surface area contributed by atoms with Crippen LogP contribution in [-0.2, 0) is 0 Å². The summed E-state index contributed by atoms with van der Waals surface area (Å²) in [6.45, 7) is 1.22. The van der Waals surface area contributed by atoms with Gasteiger partial charge < -0.3 is 9.64 Å². The van der Waals surface area contributed by atoms with Gasteiger partial charge in [0.15, 0.2) is 0 Å². The second-order valence-corrected chi connectivity index (χ2v) is 6.30. The van der Waals surface area contributed by atoms with Crippen molar-refractivity contribution in [2.75, 3.05) is 13.1 Å². The van der Waals surface area contributed by atoms with Crippen LogP contribution in [0.4, 0.5) is 0 Å². The van der Waals surface area contributed by atoms with Gasteiger partial charge in [0.2, 0.25) is 5.82 Å². The Hall–Kier alpha value is -2.67. The smallest absolute Gasteiger partial charge is 0.293 e. The van der Waals surface area contributed by atoms with E-state index in [0.717, 1.165) is 18.6 Å². The molecule has 0 unspecified atom stereocenters. The molecule has 1 saturated heterocycles. The van der Waals surface area contributed by atoms with Gasteiger partial charge in [-0.05, 0) is 30.3 Å². The van der Waals surface area contributed by atoms with Crippen molar-refractivity contribution in [3.63, 3.8) is 0 Å². The van der Waals surface area contributed by atoms with Gasteiger partial charge in [-0.25, -0.2) is 9.50 Å². The zero-order valence-corrected chi connectivity index (χ0v) is 14.1. The maximum absolute atomic E-state index is 12.6. The van der Waals surface area contributed by atoms with E-state index in [4.69, 9.17) is 16.3 Å². The summed E-state index contributed by atoms with van der Waals surface area (Å²) in [5.74, 6) is 1.22. The first-order valence-electron chi connectivity index (χ1n) is 8.08. The van der Waals surface area contributed by atoms with E-state index >= 15 is 0 Å². The topological polar surface area (TPSA) is 72.6 Å². The average molecular weight is 358 g/mol. The molecule has 1 fully saturated rings. The maximum atomic E-state index is 12.6. The van der Waals surface area contributed by atoms with Crippen LogP contribution in [0, 0.1) is 0 Å². The molecule has 7 nitrogen and oxygen atoms in total. The summed E-state index contributed by atoms with van der Waals surface area (Å²) in [6, 6.07) is 9.06. The molecule has 0 spiro atoms. The number of carbonyl (C=O) groups is 1. The van der Waals surface area contributed by atoms with Crippen molar-refractivity contribution >= 4 is 23.3 Å². The van der Waals surface area contributed by atoms with E-state index in [1.54, 1.807) is 35.5 Å². The van der Waals surface area contributed by atoms with Gasteiger partial charge in [0, 0.05) is 43.3 Å².